The summed E-state index contributed by atoms with van der Waals surface area (Å²) < 4.78 is 11.4. The van der Waals surface area contributed by atoms with Gasteiger partial charge in [-0.3, -0.25) is 19.8 Å². The molecule has 2 unspecified atom stereocenters. The summed E-state index contributed by atoms with van der Waals surface area (Å²) in [4.78, 5) is 29.3. The first-order chi connectivity index (χ1) is 16.4. The maximum Gasteiger partial charge on any atom is 0.251 e. The third-order valence-electron chi connectivity index (χ3n) is 5.81. The number of carbonyl (C=O) groups excluding carboxylic acids is 2. The van der Waals surface area contributed by atoms with E-state index < -0.39 is 11.4 Å². The van der Waals surface area contributed by atoms with Crippen LogP contribution in [0.3, 0.4) is 0 Å². The van der Waals surface area contributed by atoms with E-state index in [0.717, 1.165) is 22.2 Å². The molecule has 2 aromatic carbocycles. The first-order valence-corrected chi connectivity index (χ1v) is 11.9. The largest absolute Gasteiger partial charge is 0.489 e. The lowest BCUT2D eigenvalue weighted by molar-refractivity contribution is -0.130. The minimum Gasteiger partial charge on any atom is -0.489 e. The van der Waals surface area contributed by atoms with Crippen molar-refractivity contribution in [2.24, 2.45) is 0 Å². The van der Waals surface area contributed by atoms with E-state index >= 15 is 0 Å². The molecule has 0 radical (unpaired) electrons. The average Bonchev–Trinajstić information content (AvgIpc) is 3.25. The number of ether oxygens (including phenoxy) is 2. The fourth-order valence-electron chi connectivity index (χ4n) is 4.13. The normalized spacial score (nSPS) is 19.7. The number of hydrogen-bond acceptors (Lipinski definition) is 7. The Labute approximate surface area is 202 Å². The molecule has 0 bridgehead atoms. The van der Waals surface area contributed by atoms with E-state index in [1.54, 1.807) is 36.9 Å². The zero-order valence-corrected chi connectivity index (χ0v) is 19.9. The summed E-state index contributed by atoms with van der Waals surface area (Å²) in [5, 5.41) is 13.0. The lowest BCUT2D eigenvalue weighted by Gasteiger charge is -2.29. The summed E-state index contributed by atoms with van der Waals surface area (Å²) in [6.07, 6.45) is 0.427. The van der Waals surface area contributed by atoms with Gasteiger partial charge in [0, 0.05) is 41.5 Å². The predicted octanol–water partition coefficient (Wildman–Crippen LogP) is 3.60. The molecule has 1 aromatic heterocycles. The van der Waals surface area contributed by atoms with Crippen molar-refractivity contribution in [3.8, 4) is 5.75 Å². The Bertz CT molecular complexity index is 1190. The Morgan fingerprint density at radius 1 is 1.21 bits per heavy atom. The molecule has 34 heavy (non-hydrogen) atoms. The molecule has 1 fully saturated rings. The fraction of sp³-hybridized carbons (Fsp3) is 0.320. The highest BCUT2D eigenvalue weighted by Gasteiger charge is 2.43. The summed E-state index contributed by atoms with van der Waals surface area (Å²) in [6, 6.07) is 16.8. The zero-order chi connectivity index (χ0) is 24.1. The highest BCUT2D eigenvalue weighted by atomic mass is 32.2. The first kappa shape index (κ1) is 24.0. The Morgan fingerprint density at radius 2 is 1.97 bits per heavy atom. The number of pyridine rings is 1. The summed E-state index contributed by atoms with van der Waals surface area (Å²) in [5.41, 5.74) is 4.07. The van der Waals surface area contributed by atoms with Gasteiger partial charge in [0.2, 0.25) is 5.91 Å². The van der Waals surface area contributed by atoms with Crippen LogP contribution in [-0.4, -0.2) is 45.8 Å². The number of aromatic nitrogens is 1. The molecule has 2 atom stereocenters. The van der Waals surface area contributed by atoms with Gasteiger partial charge < -0.3 is 14.8 Å². The third kappa shape index (κ3) is 5.49. The van der Waals surface area contributed by atoms with Crippen molar-refractivity contribution in [2.45, 2.75) is 37.3 Å². The SMILES string of the molecule is COC1CC(CC(=O)NO)(NC(=O)c2ccc(OCc3cc(C)nc4ccccc34)cc2)CS1. The maximum atomic E-state index is 12.9. The molecule has 3 aromatic rings. The van der Waals surface area contributed by atoms with Crippen molar-refractivity contribution in [3.63, 3.8) is 0 Å². The van der Waals surface area contributed by atoms with Crippen LogP contribution in [0, 0.1) is 6.92 Å². The topological polar surface area (TPSA) is 110 Å². The fourth-order valence-corrected chi connectivity index (χ4v) is 5.50. The second kappa shape index (κ2) is 10.4. The van der Waals surface area contributed by atoms with Gasteiger partial charge in [0.05, 0.1) is 17.5 Å². The number of hydroxylamine groups is 1. The van der Waals surface area contributed by atoms with E-state index in [1.165, 1.54) is 11.8 Å². The molecular weight excluding hydrogens is 454 g/mol. The van der Waals surface area contributed by atoms with Gasteiger partial charge in [-0.25, -0.2) is 5.48 Å². The first-order valence-electron chi connectivity index (χ1n) is 10.9. The van der Waals surface area contributed by atoms with Gasteiger partial charge in [0.15, 0.2) is 0 Å². The summed E-state index contributed by atoms with van der Waals surface area (Å²) in [6.45, 7) is 2.34. The van der Waals surface area contributed by atoms with Gasteiger partial charge in [-0.1, -0.05) is 18.2 Å². The van der Waals surface area contributed by atoms with Gasteiger partial charge in [-0.15, -0.1) is 11.8 Å². The monoisotopic (exact) mass is 481 g/mol. The van der Waals surface area contributed by atoms with E-state index in [2.05, 4.69) is 10.3 Å². The number of hydrogen-bond donors (Lipinski definition) is 3. The molecule has 4 rings (SSSR count). The molecule has 2 amide bonds. The van der Waals surface area contributed by atoms with Crippen molar-refractivity contribution >= 4 is 34.5 Å². The van der Waals surface area contributed by atoms with Crippen LogP contribution in [0.5, 0.6) is 5.75 Å². The van der Waals surface area contributed by atoms with Gasteiger partial charge >= 0.3 is 0 Å². The molecule has 0 spiro atoms. The Kier molecular flexibility index (Phi) is 7.35. The number of aryl methyl sites for hydroxylation is 1. The lowest BCUT2D eigenvalue weighted by atomic mass is 9.93. The van der Waals surface area contributed by atoms with E-state index in [-0.39, 0.29) is 17.8 Å². The molecule has 2 heterocycles. The number of benzene rings is 2. The minimum absolute atomic E-state index is 0.0391. The van der Waals surface area contributed by atoms with Crippen LogP contribution in [0.1, 0.15) is 34.5 Å². The van der Waals surface area contributed by atoms with Crippen LogP contribution < -0.4 is 15.5 Å². The number of para-hydroxylation sites is 1. The highest BCUT2D eigenvalue weighted by Crippen LogP contribution is 2.37. The number of carbonyl (C=O) groups is 2. The molecule has 1 aliphatic heterocycles. The van der Waals surface area contributed by atoms with E-state index in [1.807, 2.05) is 37.3 Å². The van der Waals surface area contributed by atoms with Gasteiger partial charge in [-0.05, 0) is 43.3 Å². The minimum atomic E-state index is -0.801. The van der Waals surface area contributed by atoms with Crippen LogP contribution in [-0.2, 0) is 16.1 Å². The third-order valence-corrected chi connectivity index (χ3v) is 7.26. The molecule has 178 valence electrons. The number of nitrogens with zero attached hydrogens (tertiary/aromatic N) is 1. The van der Waals surface area contributed by atoms with Crippen molar-refractivity contribution in [1.29, 1.82) is 0 Å². The van der Waals surface area contributed by atoms with Crippen LogP contribution >= 0.6 is 11.8 Å². The number of nitrogens with one attached hydrogen (secondary N) is 2. The zero-order valence-electron chi connectivity index (χ0n) is 19.0. The number of rotatable bonds is 8. The number of methoxy groups -OCH3 is 1. The molecule has 0 aliphatic carbocycles. The summed E-state index contributed by atoms with van der Waals surface area (Å²) >= 11 is 1.52. The predicted molar refractivity (Wildman–Crippen MR) is 130 cm³/mol. The van der Waals surface area contributed by atoms with Crippen LogP contribution in [0.25, 0.3) is 10.9 Å². The number of fused-ring (bicyclic) bond motifs is 1. The Balaban J connectivity index is 1.43. The molecule has 0 saturated carbocycles. The Hall–Kier alpha value is -3.14. The standard InChI is InChI=1S/C25H27N3O5S/c1-16-11-18(20-5-3-4-6-21(20)26-16)14-33-19-9-7-17(8-10-19)24(30)27-25(12-22(29)28-31)13-23(32-2)34-15-25/h3-11,23,31H,12-15H2,1-2H3,(H,27,30)(H,28,29). The maximum absolute atomic E-state index is 12.9. The van der Waals surface area contributed by atoms with Crippen LogP contribution in [0.15, 0.2) is 54.6 Å². The quantitative estimate of drug-likeness (QED) is 0.333. The second-order valence-electron chi connectivity index (χ2n) is 8.38. The van der Waals surface area contributed by atoms with Gasteiger partial charge in [-0.2, -0.15) is 0 Å². The van der Waals surface area contributed by atoms with Gasteiger partial charge in [0.1, 0.15) is 17.8 Å². The molecule has 9 heteroatoms. The van der Waals surface area contributed by atoms with Crippen LogP contribution in [0.4, 0.5) is 0 Å². The summed E-state index contributed by atoms with van der Waals surface area (Å²) in [5.74, 6) is 0.288. The molecule has 3 N–H and O–H groups in total. The van der Waals surface area contributed by atoms with E-state index in [0.29, 0.717) is 30.1 Å². The molecular formula is C25H27N3O5S. The molecule has 8 nitrogen and oxygen atoms in total. The number of thioether (sulfide) groups is 1. The Morgan fingerprint density at radius 3 is 2.68 bits per heavy atom. The van der Waals surface area contributed by atoms with E-state index in [4.69, 9.17) is 14.7 Å². The van der Waals surface area contributed by atoms with Crippen LogP contribution in [0.2, 0.25) is 0 Å². The second-order valence-corrected chi connectivity index (χ2v) is 9.53. The average molecular weight is 482 g/mol. The molecule has 1 aliphatic rings. The number of amides is 2. The highest BCUT2D eigenvalue weighted by molar-refractivity contribution is 8.00. The summed E-state index contributed by atoms with van der Waals surface area (Å²) in [7, 11) is 1.59. The lowest BCUT2D eigenvalue weighted by Crippen LogP contribution is -2.51. The molecule has 1 saturated heterocycles. The smallest absolute Gasteiger partial charge is 0.251 e. The van der Waals surface area contributed by atoms with Crippen molar-refractivity contribution < 1.29 is 24.3 Å². The van der Waals surface area contributed by atoms with Crippen molar-refractivity contribution in [3.05, 3.63) is 71.4 Å². The van der Waals surface area contributed by atoms with Crippen molar-refractivity contribution in [1.82, 2.24) is 15.8 Å². The van der Waals surface area contributed by atoms with E-state index in [9.17, 15) is 9.59 Å². The van der Waals surface area contributed by atoms with Gasteiger partial charge in [0.25, 0.3) is 5.91 Å². The van der Waals surface area contributed by atoms with Crippen molar-refractivity contribution in [2.75, 3.05) is 12.9 Å².